The molecule has 2 rings (SSSR count). The van der Waals surface area contributed by atoms with Crippen LogP contribution < -0.4 is 4.74 Å². The quantitative estimate of drug-likeness (QED) is 0.867. The Kier molecular flexibility index (Phi) is 5.59. The molecule has 0 aliphatic carbocycles. The third-order valence-corrected chi connectivity index (χ3v) is 3.94. The highest BCUT2D eigenvalue weighted by molar-refractivity contribution is 5.75. The minimum absolute atomic E-state index is 0.580. The summed E-state index contributed by atoms with van der Waals surface area (Å²) in [7, 11) is 0. The molecule has 1 atom stereocenters. The van der Waals surface area contributed by atoms with Gasteiger partial charge in [0.25, 0.3) is 0 Å². The summed E-state index contributed by atoms with van der Waals surface area (Å²) in [5, 5.41) is 9.63. The van der Waals surface area contributed by atoms with Crippen molar-refractivity contribution in [2.45, 2.75) is 19.9 Å². The third kappa shape index (κ3) is 3.95. The third-order valence-electron chi connectivity index (χ3n) is 3.94. The first kappa shape index (κ1) is 15.8. The lowest BCUT2D eigenvalue weighted by Gasteiger charge is -2.37. The van der Waals surface area contributed by atoms with Crippen LogP contribution in [0, 0.1) is 0 Å². The van der Waals surface area contributed by atoms with E-state index in [1.54, 1.807) is 0 Å². The second kappa shape index (κ2) is 7.43. The molecule has 1 fully saturated rings. The topological polar surface area (TPSA) is 53.0 Å². The molecule has 1 aliphatic rings. The number of benzene rings is 1. The summed E-state index contributed by atoms with van der Waals surface area (Å²) in [6.07, 6.45) is 0. The monoisotopic (exact) mass is 292 g/mol. The van der Waals surface area contributed by atoms with Crippen LogP contribution in [0.1, 0.15) is 25.5 Å². The minimum atomic E-state index is -0.798. The van der Waals surface area contributed by atoms with Gasteiger partial charge in [-0.25, -0.2) is 0 Å². The van der Waals surface area contributed by atoms with E-state index >= 15 is 0 Å². The number of carboxylic acid groups (broad SMARTS) is 1. The maximum atomic E-state index is 11.7. The number of rotatable bonds is 6. The maximum Gasteiger partial charge on any atom is 0.325 e. The van der Waals surface area contributed by atoms with Crippen LogP contribution in [-0.4, -0.2) is 60.2 Å². The molecule has 1 N–H and O–H groups in total. The molecule has 5 nitrogen and oxygen atoms in total. The van der Waals surface area contributed by atoms with Crippen LogP contribution in [-0.2, 0) is 4.79 Å². The molecule has 0 saturated carbocycles. The van der Waals surface area contributed by atoms with Gasteiger partial charge >= 0.3 is 5.97 Å². The minimum Gasteiger partial charge on any atom is -0.494 e. The number of carboxylic acids is 1. The summed E-state index contributed by atoms with van der Waals surface area (Å²) in [5.41, 5.74) is 0.790. The number of aliphatic carboxylic acids is 1. The Bertz CT molecular complexity index is 470. The normalized spacial score (nSPS) is 18.4. The Morgan fingerprint density at radius 2 is 2.00 bits per heavy atom. The van der Waals surface area contributed by atoms with E-state index in [9.17, 15) is 9.90 Å². The molecule has 1 aromatic carbocycles. The first-order valence-corrected chi connectivity index (χ1v) is 7.57. The summed E-state index contributed by atoms with van der Waals surface area (Å²) in [5.74, 6) is -0.0676. The van der Waals surface area contributed by atoms with Crippen LogP contribution in [0.25, 0.3) is 0 Å². The van der Waals surface area contributed by atoms with Crippen molar-refractivity contribution < 1.29 is 14.6 Å². The van der Waals surface area contributed by atoms with E-state index < -0.39 is 12.0 Å². The molecular weight excluding hydrogens is 268 g/mol. The fourth-order valence-electron chi connectivity index (χ4n) is 2.79. The van der Waals surface area contributed by atoms with Crippen molar-refractivity contribution in [3.8, 4) is 5.75 Å². The number of hydrogen-bond donors (Lipinski definition) is 1. The SMILES string of the molecule is CCOc1cccc(C(C(=O)O)N2CCN(CC)CC2)c1. The Hall–Kier alpha value is -1.59. The zero-order valence-electron chi connectivity index (χ0n) is 12.8. The Morgan fingerprint density at radius 1 is 1.29 bits per heavy atom. The van der Waals surface area contributed by atoms with Gasteiger partial charge in [-0.1, -0.05) is 19.1 Å². The molecule has 1 aromatic rings. The Balaban J connectivity index is 2.15. The van der Waals surface area contributed by atoms with Gasteiger partial charge in [0.1, 0.15) is 11.8 Å². The highest BCUT2D eigenvalue weighted by Crippen LogP contribution is 2.25. The molecule has 0 bridgehead atoms. The summed E-state index contributed by atoms with van der Waals surface area (Å²) in [6, 6.07) is 6.84. The second-order valence-electron chi connectivity index (χ2n) is 5.22. The summed E-state index contributed by atoms with van der Waals surface area (Å²) in [6.45, 7) is 9.06. The van der Waals surface area contributed by atoms with Gasteiger partial charge in [0.15, 0.2) is 0 Å². The largest absolute Gasteiger partial charge is 0.494 e. The van der Waals surface area contributed by atoms with Crippen molar-refractivity contribution in [1.82, 2.24) is 9.80 Å². The van der Waals surface area contributed by atoms with Crippen LogP contribution in [0.4, 0.5) is 0 Å². The molecular formula is C16H24N2O3. The lowest BCUT2D eigenvalue weighted by molar-refractivity contribution is -0.144. The smallest absolute Gasteiger partial charge is 0.325 e. The van der Waals surface area contributed by atoms with Gasteiger partial charge in [-0.3, -0.25) is 9.69 Å². The molecule has 0 amide bonds. The van der Waals surface area contributed by atoms with E-state index in [1.165, 1.54) is 0 Å². The first-order chi connectivity index (χ1) is 10.2. The van der Waals surface area contributed by atoms with Gasteiger partial charge in [-0.2, -0.15) is 0 Å². The van der Waals surface area contributed by atoms with Crippen LogP contribution in [0.2, 0.25) is 0 Å². The van der Waals surface area contributed by atoms with E-state index in [0.29, 0.717) is 6.61 Å². The maximum absolute atomic E-state index is 11.7. The van der Waals surface area contributed by atoms with E-state index in [0.717, 1.165) is 44.0 Å². The number of carbonyl (C=O) groups is 1. The lowest BCUT2D eigenvalue weighted by Crippen LogP contribution is -2.49. The van der Waals surface area contributed by atoms with E-state index in [4.69, 9.17) is 4.74 Å². The van der Waals surface area contributed by atoms with E-state index in [-0.39, 0.29) is 0 Å². The number of ether oxygens (including phenoxy) is 1. The number of likely N-dealkylation sites (N-methyl/N-ethyl adjacent to an activating group) is 1. The van der Waals surface area contributed by atoms with Crippen LogP contribution in [0.15, 0.2) is 24.3 Å². The Labute approximate surface area is 126 Å². The average Bonchev–Trinajstić information content (AvgIpc) is 2.48. The average molecular weight is 292 g/mol. The number of piperazine rings is 1. The van der Waals surface area contributed by atoms with Crippen molar-refractivity contribution in [3.05, 3.63) is 29.8 Å². The van der Waals surface area contributed by atoms with Gasteiger partial charge in [-0.05, 0) is 31.2 Å². The van der Waals surface area contributed by atoms with Crippen LogP contribution in [0.3, 0.4) is 0 Å². The highest BCUT2D eigenvalue weighted by atomic mass is 16.5. The standard InChI is InChI=1S/C16H24N2O3/c1-3-17-8-10-18(11-9-17)15(16(19)20)13-6-5-7-14(12-13)21-4-2/h5-7,12,15H,3-4,8-11H2,1-2H3,(H,19,20). The fraction of sp³-hybridized carbons (Fsp3) is 0.562. The van der Waals surface area contributed by atoms with Gasteiger partial charge in [-0.15, -0.1) is 0 Å². The molecule has 1 unspecified atom stereocenters. The summed E-state index contributed by atoms with van der Waals surface area (Å²) < 4.78 is 5.48. The molecule has 0 radical (unpaired) electrons. The van der Waals surface area contributed by atoms with Crippen molar-refractivity contribution in [1.29, 1.82) is 0 Å². The van der Waals surface area contributed by atoms with Crippen molar-refractivity contribution in [2.24, 2.45) is 0 Å². The van der Waals surface area contributed by atoms with Gasteiger partial charge in [0.2, 0.25) is 0 Å². The molecule has 1 saturated heterocycles. The molecule has 116 valence electrons. The molecule has 21 heavy (non-hydrogen) atoms. The van der Waals surface area contributed by atoms with Crippen molar-refractivity contribution >= 4 is 5.97 Å². The van der Waals surface area contributed by atoms with Crippen molar-refractivity contribution in [2.75, 3.05) is 39.3 Å². The first-order valence-electron chi connectivity index (χ1n) is 7.57. The molecule has 5 heteroatoms. The zero-order chi connectivity index (χ0) is 15.2. The summed E-state index contributed by atoms with van der Waals surface area (Å²) in [4.78, 5) is 16.1. The fourth-order valence-corrected chi connectivity index (χ4v) is 2.79. The van der Waals surface area contributed by atoms with E-state index in [1.807, 2.05) is 36.1 Å². The zero-order valence-corrected chi connectivity index (χ0v) is 12.8. The summed E-state index contributed by atoms with van der Waals surface area (Å²) >= 11 is 0. The number of nitrogens with zero attached hydrogens (tertiary/aromatic N) is 2. The predicted octanol–water partition coefficient (Wildman–Crippen LogP) is 1.85. The van der Waals surface area contributed by atoms with Gasteiger partial charge in [0, 0.05) is 26.2 Å². The van der Waals surface area contributed by atoms with E-state index in [2.05, 4.69) is 11.8 Å². The predicted molar refractivity (Wildman–Crippen MR) is 81.7 cm³/mol. The van der Waals surface area contributed by atoms with Gasteiger partial charge < -0.3 is 14.7 Å². The van der Waals surface area contributed by atoms with Crippen molar-refractivity contribution in [3.63, 3.8) is 0 Å². The van der Waals surface area contributed by atoms with Crippen LogP contribution in [0.5, 0.6) is 5.75 Å². The highest BCUT2D eigenvalue weighted by Gasteiger charge is 2.30. The molecule has 1 aliphatic heterocycles. The molecule has 0 spiro atoms. The molecule has 0 aromatic heterocycles. The van der Waals surface area contributed by atoms with Crippen LogP contribution >= 0.6 is 0 Å². The second-order valence-corrected chi connectivity index (χ2v) is 5.22. The Morgan fingerprint density at radius 3 is 2.57 bits per heavy atom. The lowest BCUT2D eigenvalue weighted by atomic mass is 10.0. The number of hydrogen-bond acceptors (Lipinski definition) is 4. The molecule has 1 heterocycles. The van der Waals surface area contributed by atoms with Gasteiger partial charge in [0.05, 0.1) is 6.61 Å².